The number of likely N-dealkylation sites (tertiary alicyclic amines) is 1. The Labute approximate surface area is 132 Å². The van der Waals surface area contributed by atoms with Crippen LogP contribution in [0.2, 0.25) is 0 Å². The number of nitrogens with one attached hydrogen (secondary N) is 1. The maximum atomic E-state index is 5.57. The topological polar surface area (TPSA) is 33.7 Å². The van der Waals surface area contributed by atoms with Gasteiger partial charge in [0.25, 0.3) is 0 Å². The molecule has 116 valence electrons. The van der Waals surface area contributed by atoms with E-state index in [1.54, 1.807) is 14.2 Å². The molecule has 0 saturated carbocycles. The number of methoxy groups -OCH3 is 2. The first-order valence-electron chi connectivity index (χ1n) is 7.31. The molecule has 2 unspecified atom stereocenters. The molecule has 1 aromatic carbocycles. The average molecular weight is 308 g/mol. The van der Waals surface area contributed by atoms with E-state index in [1.165, 1.54) is 6.42 Å². The summed E-state index contributed by atoms with van der Waals surface area (Å²) in [6.07, 6.45) is 1.27. The molecule has 0 aliphatic carbocycles. The molecular formula is C16H24N2O2S. The van der Waals surface area contributed by atoms with Crippen LogP contribution in [-0.4, -0.2) is 37.3 Å². The zero-order valence-electron chi connectivity index (χ0n) is 13.2. The summed E-state index contributed by atoms with van der Waals surface area (Å²) < 4.78 is 10.6. The minimum Gasteiger partial charge on any atom is -0.497 e. The van der Waals surface area contributed by atoms with Gasteiger partial charge in [0.1, 0.15) is 11.5 Å². The molecule has 1 heterocycles. The van der Waals surface area contributed by atoms with Crippen LogP contribution in [0.25, 0.3) is 0 Å². The zero-order chi connectivity index (χ0) is 15.4. The molecule has 4 nitrogen and oxygen atoms in total. The molecule has 1 aliphatic rings. The molecule has 1 fully saturated rings. The van der Waals surface area contributed by atoms with E-state index in [1.807, 2.05) is 18.2 Å². The molecule has 5 heteroatoms. The van der Waals surface area contributed by atoms with Gasteiger partial charge in [-0.2, -0.15) is 0 Å². The van der Waals surface area contributed by atoms with Crippen LogP contribution < -0.4 is 14.8 Å². The Kier molecular flexibility index (Phi) is 5.28. The van der Waals surface area contributed by atoms with Crippen molar-refractivity contribution in [2.24, 2.45) is 11.8 Å². The lowest BCUT2D eigenvalue weighted by Crippen LogP contribution is -2.44. The third kappa shape index (κ3) is 4.00. The highest BCUT2D eigenvalue weighted by atomic mass is 32.1. The van der Waals surface area contributed by atoms with Crippen LogP contribution in [0.4, 0.5) is 5.69 Å². The molecule has 2 atom stereocenters. The molecule has 0 spiro atoms. The van der Waals surface area contributed by atoms with Crippen molar-refractivity contribution in [1.82, 2.24) is 4.90 Å². The van der Waals surface area contributed by atoms with Crippen molar-refractivity contribution in [3.8, 4) is 11.5 Å². The van der Waals surface area contributed by atoms with E-state index in [0.717, 1.165) is 35.4 Å². The second kappa shape index (κ2) is 6.98. The minimum atomic E-state index is 0.667. The van der Waals surface area contributed by atoms with Gasteiger partial charge in [0.2, 0.25) is 0 Å². The standard InChI is InChI=1S/C16H24N2O2S/c1-11-7-12(2)10-18(9-11)16(21)17-14-8-13(19-3)5-6-15(14)20-4/h5-6,8,11-12H,7,9-10H2,1-4H3,(H,17,21). The minimum absolute atomic E-state index is 0.667. The van der Waals surface area contributed by atoms with E-state index in [-0.39, 0.29) is 0 Å². The normalized spacial score (nSPS) is 21.8. The van der Waals surface area contributed by atoms with Gasteiger partial charge >= 0.3 is 0 Å². The first-order valence-corrected chi connectivity index (χ1v) is 7.72. The van der Waals surface area contributed by atoms with Crippen molar-refractivity contribution in [3.63, 3.8) is 0 Å². The second-order valence-electron chi connectivity index (χ2n) is 5.85. The first-order chi connectivity index (χ1) is 10.0. The summed E-state index contributed by atoms with van der Waals surface area (Å²) in [5.41, 5.74) is 0.840. The summed E-state index contributed by atoms with van der Waals surface area (Å²) in [5.74, 6) is 2.87. The molecule has 0 bridgehead atoms. The molecule has 0 amide bonds. The third-order valence-corrected chi connectivity index (χ3v) is 4.16. The van der Waals surface area contributed by atoms with Crippen LogP contribution in [0.1, 0.15) is 20.3 Å². The Morgan fingerprint density at radius 3 is 2.43 bits per heavy atom. The quantitative estimate of drug-likeness (QED) is 0.866. The molecule has 2 rings (SSSR count). The van der Waals surface area contributed by atoms with Crippen LogP contribution in [0.5, 0.6) is 11.5 Å². The highest BCUT2D eigenvalue weighted by Gasteiger charge is 2.24. The van der Waals surface area contributed by atoms with Gasteiger partial charge < -0.3 is 19.7 Å². The number of thiocarbonyl (C=S) groups is 1. The number of rotatable bonds is 3. The predicted molar refractivity (Wildman–Crippen MR) is 90.3 cm³/mol. The van der Waals surface area contributed by atoms with Gasteiger partial charge in [-0.25, -0.2) is 0 Å². The highest BCUT2D eigenvalue weighted by Crippen LogP contribution is 2.30. The van der Waals surface area contributed by atoms with Crippen LogP contribution in [-0.2, 0) is 0 Å². The second-order valence-corrected chi connectivity index (χ2v) is 6.23. The van der Waals surface area contributed by atoms with Crippen molar-refractivity contribution < 1.29 is 9.47 Å². The first kappa shape index (κ1) is 15.9. The monoisotopic (exact) mass is 308 g/mol. The zero-order valence-corrected chi connectivity index (χ0v) is 14.0. The lowest BCUT2D eigenvalue weighted by molar-refractivity contribution is 0.216. The van der Waals surface area contributed by atoms with E-state index in [2.05, 4.69) is 24.1 Å². The van der Waals surface area contributed by atoms with Crippen molar-refractivity contribution in [3.05, 3.63) is 18.2 Å². The van der Waals surface area contributed by atoms with E-state index in [0.29, 0.717) is 11.8 Å². The van der Waals surface area contributed by atoms with Crippen molar-refractivity contribution in [2.45, 2.75) is 20.3 Å². The predicted octanol–water partition coefficient (Wildman–Crippen LogP) is 3.38. The average Bonchev–Trinajstić information content (AvgIpc) is 2.46. The lowest BCUT2D eigenvalue weighted by atomic mass is 9.92. The molecule has 1 saturated heterocycles. The largest absolute Gasteiger partial charge is 0.497 e. The van der Waals surface area contributed by atoms with E-state index < -0.39 is 0 Å². The molecule has 21 heavy (non-hydrogen) atoms. The van der Waals surface area contributed by atoms with Gasteiger partial charge in [-0.3, -0.25) is 0 Å². The summed E-state index contributed by atoms with van der Waals surface area (Å²) in [4.78, 5) is 2.24. The Morgan fingerprint density at radius 2 is 1.86 bits per heavy atom. The van der Waals surface area contributed by atoms with E-state index in [9.17, 15) is 0 Å². The van der Waals surface area contributed by atoms with Crippen molar-refractivity contribution >= 4 is 23.0 Å². The maximum absolute atomic E-state index is 5.57. The molecule has 0 radical (unpaired) electrons. The van der Waals surface area contributed by atoms with Crippen LogP contribution >= 0.6 is 12.2 Å². The number of hydrogen-bond acceptors (Lipinski definition) is 3. The number of piperidine rings is 1. The highest BCUT2D eigenvalue weighted by molar-refractivity contribution is 7.80. The maximum Gasteiger partial charge on any atom is 0.173 e. The fraction of sp³-hybridized carbons (Fsp3) is 0.562. The Morgan fingerprint density at radius 1 is 1.19 bits per heavy atom. The van der Waals surface area contributed by atoms with Gasteiger partial charge in [0.05, 0.1) is 19.9 Å². The van der Waals surface area contributed by atoms with Crippen LogP contribution in [0.3, 0.4) is 0 Å². The van der Waals surface area contributed by atoms with E-state index >= 15 is 0 Å². The Balaban J connectivity index is 2.11. The number of nitrogens with zero attached hydrogens (tertiary/aromatic N) is 1. The molecular weight excluding hydrogens is 284 g/mol. The van der Waals surface area contributed by atoms with Crippen molar-refractivity contribution in [1.29, 1.82) is 0 Å². The molecule has 0 aromatic heterocycles. The van der Waals surface area contributed by atoms with Gasteiger partial charge in [-0.05, 0) is 42.6 Å². The smallest absolute Gasteiger partial charge is 0.173 e. The van der Waals surface area contributed by atoms with Crippen molar-refractivity contribution in [2.75, 3.05) is 32.6 Å². The fourth-order valence-electron chi connectivity index (χ4n) is 2.93. The van der Waals surface area contributed by atoms with Crippen LogP contribution in [0, 0.1) is 11.8 Å². The fourth-order valence-corrected chi connectivity index (χ4v) is 3.19. The molecule has 1 aliphatic heterocycles. The summed E-state index contributed by atoms with van der Waals surface area (Å²) in [5, 5.41) is 4.05. The Hall–Kier alpha value is -1.49. The molecule has 1 N–H and O–H groups in total. The SMILES string of the molecule is COc1ccc(OC)c(NC(=S)N2CC(C)CC(C)C2)c1. The Bertz CT molecular complexity index is 497. The van der Waals surface area contributed by atoms with Gasteiger partial charge in [-0.15, -0.1) is 0 Å². The number of anilines is 1. The summed E-state index contributed by atoms with van der Waals surface area (Å²) in [6, 6.07) is 5.66. The number of benzene rings is 1. The summed E-state index contributed by atoms with van der Waals surface area (Å²) >= 11 is 5.57. The summed E-state index contributed by atoms with van der Waals surface area (Å²) in [7, 11) is 3.30. The third-order valence-electron chi connectivity index (χ3n) is 3.80. The number of hydrogen-bond donors (Lipinski definition) is 1. The van der Waals surface area contributed by atoms with Crippen LogP contribution in [0.15, 0.2) is 18.2 Å². The number of ether oxygens (including phenoxy) is 2. The van der Waals surface area contributed by atoms with E-state index in [4.69, 9.17) is 21.7 Å². The van der Waals surface area contributed by atoms with Gasteiger partial charge in [0.15, 0.2) is 5.11 Å². The van der Waals surface area contributed by atoms with Gasteiger partial charge in [-0.1, -0.05) is 13.8 Å². The van der Waals surface area contributed by atoms with Gasteiger partial charge in [0, 0.05) is 19.2 Å². The lowest BCUT2D eigenvalue weighted by Gasteiger charge is -2.36. The summed E-state index contributed by atoms with van der Waals surface area (Å²) in [6.45, 7) is 6.56. The molecule has 1 aromatic rings.